The Balaban J connectivity index is 2.26. The van der Waals surface area contributed by atoms with Crippen LogP contribution < -0.4 is 0 Å². The van der Waals surface area contributed by atoms with Gasteiger partial charge in [-0.1, -0.05) is 13.0 Å². The maximum Gasteiger partial charge on any atom is 0.161 e. The monoisotopic (exact) mass is 178 g/mol. The second kappa shape index (κ2) is 2.79. The molecule has 2 rings (SSSR count). The van der Waals surface area contributed by atoms with E-state index in [1.165, 1.54) is 0 Å². The summed E-state index contributed by atoms with van der Waals surface area (Å²) < 4.78 is 0. The molecule has 0 aliphatic heterocycles. The first-order chi connectivity index (χ1) is 6.13. The third-order valence-corrected chi connectivity index (χ3v) is 3.52. The van der Waals surface area contributed by atoms with Crippen molar-refractivity contribution in [1.82, 2.24) is 0 Å². The Kier molecular flexibility index (Phi) is 1.86. The molecule has 0 aromatic heterocycles. The largest absolute Gasteiger partial charge is 0.300 e. The van der Waals surface area contributed by atoms with Gasteiger partial charge in [0, 0.05) is 18.3 Å². The molecule has 13 heavy (non-hydrogen) atoms. The van der Waals surface area contributed by atoms with E-state index in [1.54, 1.807) is 6.08 Å². The van der Waals surface area contributed by atoms with Crippen molar-refractivity contribution in [2.24, 2.45) is 11.3 Å². The van der Waals surface area contributed by atoms with Crippen molar-refractivity contribution in [3.8, 4) is 0 Å². The lowest BCUT2D eigenvalue weighted by atomic mass is 9.75. The number of ketones is 2. The minimum Gasteiger partial charge on any atom is -0.300 e. The first kappa shape index (κ1) is 8.67. The van der Waals surface area contributed by atoms with Crippen molar-refractivity contribution in [3.05, 3.63) is 12.2 Å². The summed E-state index contributed by atoms with van der Waals surface area (Å²) in [6.45, 7) is 2.00. The van der Waals surface area contributed by atoms with Gasteiger partial charge in [-0.2, -0.15) is 0 Å². The zero-order valence-electron chi connectivity index (χ0n) is 7.88. The molecule has 0 heterocycles. The average molecular weight is 178 g/mol. The van der Waals surface area contributed by atoms with Crippen LogP contribution in [0.4, 0.5) is 0 Å². The first-order valence-corrected chi connectivity index (χ1v) is 4.87. The highest BCUT2D eigenvalue weighted by atomic mass is 16.1. The van der Waals surface area contributed by atoms with Crippen LogP contribution in [0.2, 0.25) is 0 Å². The van der Waals surface area contributed by atoms with Gasteiger partial charge >= 0.3 is 0 Å². The summed E-state index contributed by atoms with van der Waals surface area (Å²) in [5.41, 5.74) is -0.258. The smallest absolute Gasteiger partial charge is 0.161 e. The van der Waals surface area contributed by atoms with Crippen molar-refractivity contribution in [1.29, 1.82) is 0 Å². The molecule has 2 aliphatic rings. The molecule has 2 aliphatic carbocycles. The molecule has 0 spiro atoms. The number of carbonyl (C=O) groups excluding carboxylic acids is 2. The quantitative estimate of drug-likeness (QED) is 0.567. The average Bonchev–Trinajstić information content (AvgIpc) is 2.28. The van der Waals surface area contributed by atoms with Gasteiger partial charge < -0.3 is 0 Å². The fourth-order valence-electron chi connectivity index (χ4n) is 2.35. The third-order valence-electron chi connectivity index (χ3n) is 3.52. The van der Waals surface area contributed by atoms with Crippen LogP contribution in [0, 0.1) is 11.3 Å². The molecule has 0 aromatic carbocycles. The number of hydrogen-bond donors (Lipinski definition) is 0. The van der Waals surface area contributed by atoms with E-state index in [4.69, 9.17) is 0 Å². The molecule has 2 atom stereocenters. The third kappa shape index (κ3) is 1.25. The van der Waals surface area contributed by atoms with Crippen molar-refractivity contribution >= 4 is 11.6 Å². The molecule has 1 fully saturated rings. The number of carbonyl (C=O) groups is 2. The van der Waals surface area contributed by atoms with Crippen LogP contribution in [0.3, 0.4) is 0 Å². The van der Waals surface area contributed by atoms with Crippen molar-refractivity contribution in [3.63, 3.8) is 0 Å². The zero-order chi connectivity index (χ0) is 9.47. The minimum atomic E-state index is -0.258. The van der Waals surface area contributed by atoms with Gasteiger partial charge in [-0.05, 0) is 24.8 Å². The summed E-state index contributed by atoms with van der Waals surface area (Å²) in [6, 6.07) is 0. The van der Waals surface area contributed by atoms with Crippen molar-refractivity contribution in [2.75, 3.05) is 0 Å². The lowest BCUT2D eigenvalue weighted by molar-refractivity contribution is -0.124. The van der Waals surface area contributed by atoms with Crippen LogP contribution in [0.5, 0.6) is 0 Å². The number of hydrogen-bond acceptors (Lipinski definition) is 2. The predicted molar refractivity (Wildman–Crippen MR) is 49.2 cm³/mol. The van der Waals surface area contributed by atoms with Crippen molar-refractivity contribution < 1.29 is 9.59 Å². The summed E-state index contributed by atoms with van der Waals surface area (Å²) in [5, 5.41) is 0. The topological polar surface area (TPSA) is 34.1 Å². The second-order valence-corrected chi connectivity index (χ2v) is 4.32. The Morgan fingerprint density at radius 1 is 1.38 bits per heavy atom. The summed E-state index contributed by atoms with van der Waals surface area (Å²) in [4.78, 5) is 22.8. The maximum atomic E-state index is 11.6. The van der Waals surface area contributed by atoms with Gasteiger partial charge in [-0.3, -0.25) is 9.59 Å². The Bertz CT molecular complexity index is 290. The molecule has 0 aromatic rings. The Labute approximate surface area is 78.0 Å². The highest BCUT2D eigenvalue weighted by molar-refractivity contribution is 5.98. The van der Waals surface area contributed by atoms with Gasteiger partial charge in [0.2, 0.25) is 0 Å². The molecule has 2 heteroatoms. The van der Waals surface area contributed by atoms with Crippen LogP contribution >= 0.6 is 0 Å². The van der Waals surface area contributed by atoms with Crippen LogP contribution in [-0.2, 0) is 9.59 Å². The minimum absolute atomic E-state index is 0.215. The van der Waals surface area contributed by atoms with Crippen LogP contribution in [0.25, 0.3) is 0 Å². The molecule has 0 saturated heterocycles. The van der Waals surface area contributed by atoms with E-state index in [2.05, 4.69) is 0 Å². The summed E-state index contributed by atoms with van der Waals surface area (Å²) >= 11 is 0. The van der Waals surface area contributed by atoms with E-state index in [1.807, 2.05) is 13.0 Å². The van der Waals surface area contributed by atoms with Crippen LogP contribution in [0.1, 0.15) is 32.6 Å². The molecule has 0 amide bonds. The summed E-state index contributed by atoms with van der Waals surface area (Å²) in [7, 11) is 0. The fourth-order valence-corrected chi connectivity index (χ4v) is 2.35. The lowest BCUT2D eigenvalue weighted by Gasteiger charge is -2.27. The summed E-state index contributed by atoms with van der Waals surface area (Å²) in [6.07, 6.45) is 6.51. The molecule has 2 nitrogen and oxygen atoms in total. The normalized spacial score (nSPS) is 39.0. The molecule has 0 radical (unpaired) electrons. The SMILES string of the molecule is C[C@]12CCC(=O)CCC1C=CC2=O. The van der Waals surface area contributed by atoms with Gasteiger partial charge in [-0.15, -0.1) is 0 Å². The highest BCUT2D eigenvalue weighted by Gasteiger charge is 2.43. The summed E-state index contributed by atoms with van der Waals surface area (Å²) in [5.74, 6) is 0.843. The predicted octanol–water partition coefficient (Wildman–Crippen LogP) is 1.89. The van der Waals surface area contributed by atoms with Gasteiger partial charge in [0.25, 0.3) is 0 Å². The molecule has 0 N–H and O–H groups in total. The Morgan fingerprint density at radius 3 is 2.92 bits per heavy atom. The van der Waals surface area contributed by atoms with Gasteiger partial charge in [-0.25, -0.2) is 0 Å². The standard InChI is InChI=1S/C11H14O2/c1-11-7-6-9(12)4-2-8(11)3-5-10(11)13/h3,5,8H,2,4,6-7H2,1H3/t8?,11-/m0/s1. The van der Waals surface area contributed by atoms with Crippen LogP contribution in [-0.4, -0.2) is 11.6 Å². The molecular formula is C11H14O2. The van der Waals surface area contributed by atoms with Gasteiger partial charge in [0.15, 0.2) is 5.78 Å². The lowest BCUT2D eigenvalue weighted by Crippen LogP contribution is -2.28. The van der Waals surface area contributed by atoms with E-state index in [-0.39, 0.29) is 11.2 Å². The molecule has 0 bridgehead atoms. The Morgan fingerprint density at radius 2 is 2.15 bits per heavy atom. The van der Waals surface area contributed by atoms with Crippen LogP contribution in [0.15, 0.2) is 12.2 Å². The van der Waals surface area contributed by atoms with E-state index in [0.29, 0.717) is 24.5 Å². The Hall–Kier alpha value is -0.920. The number of allylic oxidation sites excluding steroid dienone is 2. The molecular weight excluding hydrogens is 164 g/mol. The van der Waals surface area contributed by atoms with Gasteiger partial charge in [0.05, 0.1) is 0 Å². The fraction of sp³-hybridized carbons (Fsp3) is 0.636. The van der Waals surface area contributed by atoms with E-state index < -0.39 is 0 Å². The highest BCUT2D eigenvalue weighted by Crippen LogP contribution is 2.44. The maximum absolute atomic E-state index is 11.6. The van der Waals surface area contributed by atoms with E-state index >= 15 is 0 Å². The van der Waals surface area contributed by atoms with E-state index in [9.17, 15) is 9.59 Å². The molecule has 70 valence electrons. The number of Topliss-reactive ketones (excluding diaryl/α,β-unsaturated/α-hetero) is 1. The second-order valence-electron chi connectivity index (χ2n) is 4.32. The van der Waals surface area contributed by atoms with Gasteiger partial charge in [0.1, 0.15) is 5.78 Å². The first-order valence-electron chi connectivity index (χ1n) is 4.87. The number of rotatable bonds is 0. The zero-order valence-corrected chi connectivity index (χ0v) is 7.88. The molecule has 1 saturated carbocycles. The number of fused-ring (bicyclic) bond motifs is 1. The van der Waals surface area contributed by atoms with Crippen molar-refractivity contribution in [2.45, 2.75) is 32.6 Å². The molecule has 1 unspecified atom stereocenters. The van der Waals surface area contributed by atoms with E-state index in [0.717, 1.165) is 12.8 Å².